The number of hydrogen-bond acceptors (Lipinski definition) is 3. The van der Waals surface area contributed by atoms with Crippen molar-refractivity contribution in [2.45, 2.75) is 31.8 Å². The highest BCUT2D eigenvalue weighted by Gasteiger charge is 2.46. The Labute approximate surface area is 170 Å². The van der Waals surface area contributed by atoms with Crippen LogP contribution in [-0.4, -0.2) is 59.2 Å². The molecule has 0 aliphatic carbocycles. The summed E-state index contributed by atoms with van der Waals surface area (Å²) in [6.45, 7) is 2.96. The van der Waals surface area contributed by atoms with Crippen molar-refractivity contribution in [1.82, 2.24) is 9.88 Å². The van der Waals surface area contributed by atoms with Crippen LogP contribution in [0.3, 0.4) is 0 Å². The third-order valence-electron chi connectivity index (χ3n) is 6.60. The van der Waals surface area contributed by atoms with Gasteiger partial charge in [-0.25, -0.2) is 14.7 Å². The molecule has 0 spiro atoms. The number of pyridine rings is 1. The summed E-state index contributed by atoms with van der Waals surface area (Å²) >= 11 is 0. The molecule has 0 radical (unpaired) electrons. The Balaban J connectivity index is 1.62. The molecule has 3 amide bonds. The molecule has 150 valence electrons. The van der Waals surface area contributed by atoms with Crippen LogP contribution in [0.4, 0.5) is 22.0 Å². The Morgan fingerprint density at radius 2 is 1.97 bits per heavy atom. The van der Waals surface area contributed by atoms with Crippen molar-refractivity contribution in [3.8, 4) is 0 Å². The monoisotopic (exact) mass is 392 g/mol. The van der Waals surface area contributed by atoms with E-state index in [0.29, 0.717) is 22.8 Å². The molecule has 2 aromatic rings. The minimum atomic E-state index is -0.243. The molecule has 1 aromatic heterocycles. The molecule has 3 aliphatic heterocycles. The number of rotatable bonds is 0. The number of benzene rings is 1. The molecule has 2 saturated heterocycles. The number of amides is 3. The van der Waals surface area contributed by atoms with Crippen molar-refractivity contribution in [2.24, 2.45) is 0 Å². The Bertz CT molecular complexity index is 973. The summed E-state index contributed by atoms with van der Waals surface area (Å²) in [5.74, 6) is 0.156. The van der Waals surface area contributed by atoms with Gasteiger partial charge in [-0.2, -0.15) is 0 Å². The minimum Gasteiger partial charge on any atom is -0.320 e. The fraction of sp³-hybridized carbons (Fsp3) is 0.409. The second kappa shape index (κ2) is 6.84. The molecule has 0 bridgehead atoms. The van der Waals surface area contributed by atoms with E-state index in [9.17, 15) is 9.59 Å². The first-order valence-corrected chi connectivity index (χ1v) is 10.4. The zero-order valence-corrected chi connectivity index (χ0v) is 16.7. The molecule has 0 unspecified atom stereocenters. The Hall–Kier alpha value is -2.93. The number of nitrogens with zero attached hydrogens (tertiary/aromatic N) is 4. The molecule has 7 heteroatoms. The lowest BCUT2D eigenvalue weighted by molar-refractivity contribution is -0.953. The molecule has 4 heterocycles. The molecule has 2 atom stereocenters. The van der Waals surface area contributed by atoms with E-state index >= 15 is 0 Å². The van der Waals surface area contributed by atoms with E-state index in [2.05, 4.69) is 17.3 Å². The predicted octanol–water partition coefficient (Wildman–Crippen LogP) is 3.57. The maximum atomic E-state index is 14.0. The lowest BCUT2D eigenvalue weighted by Crippen LogP contribution is -2.68. The molecule has 29 heavy (non-hydrogen) atoms. The van der Waals surface area contributed by atoms with Crippen molar-refractivity contribution in [1.29, 1.82) is 0 Å². The van der Waals surface area contributed by atoms with Gasteiger partial charge in [0.25, 0.3) is 5.91 Å². The number of urea groups is 1. The number of piperidine rings is 1. The quantitative estimate of drug-likeness (QED) is 0.697. The summed E-state index contributed by atoms with van der Waals surface area (Å²) < 4.78 is 0.924. The first kappa shape index (κ1) is 18.1. The van der Waals surface area contributed by atoms with Crippen LogP contribution in [0.25, 0.3) is 0 Å². The van der Waals surface area contributed by atoms with Crippen molar-refractivity contribution in [3.63, 3.8) is 0 Å². The molecule has 2 fully saturated rings. The molecule has 7 nitrogen and oxygen atoms in total. The third-order valence-corrected chi connectivity index (χ3v) is 6.60. The summed E-state index contributed by atoms with van der Waals surface area (Å²) in [5.41, 5.74) is 1.70. The van der Waals surface area contributed by atoms with Gasteiger partial charge in [-0.3, -0.25) is 9.69 Å². The van der Waals surface area contributed by atoms with E-state index in [-0.39, 0.29) is 18.1 Å². The van der Waals surface area contributed by atoms with Crippen LogP contribution in [0.15, 0.2) is 42.6 Å². The van der Waals surface area contributed by atoms with Gasteiger partial charge in [0.15, 0.2) is 12.0 Å². The summed E-state index contributed by atoms with van der Waals surface area (Å²) in [5, 5.41) is 2.93. The molecule has 1 N–H and O–H groups in total. The fourth-order valence-electron chi connectivity index (χ4n) is 5.14. The Morgan fingerprint density at radius 1 is 1.14 bits per heavy atom. The lowest BCUT2D eigenvalue weighted by atomic mass is 10.0. The smallest absolute Gasteiger partial charge is 0.320 e. The molecular formula is C22H26N5O2+. The van der Waals surface area contributed by atoms with E-state index in [0.717, 1.165) is 43.4 Å². The summed E-state index contributed by atoms with van der Waals surface area (Å²) in [7, 11) is 2.27. The Kier molecular flexibility index (Phi) is 4.28. The van der Waals surface area contributed by atoms with Gasteiger partial charge >= 0.3 is 6.03 Å². The highest BCUT2D eigenvalue weighted by Crippen LogP contribution is 2.39. The maximum Gasteiger partial charge on any atom is 0.334 e. The standard InChI is InChI=1S/C22H25N5O2/c1-27-14-5-4-11-19(27)25(13-7-15-27)22(29)26-18-10-3-2-9-17(18)24-21(28)16-8-6-12-23-20(16)26/h2-3,6,8-10,12,19H,4-5,7,11,13-15H2,1H3/p+1/t19-,27-/m0/s1. The second-order valence-corrected chi connectivity index (χ2v) is 8.41. The van der Waals surface area contributed by atoms with E-state index in [1.54, 1.807) is 23.2 Å². The molecule has 3 aliphatic rings. The number of fused-ring (bicyclic) bond motifs is 3. The molecule has 5 rings (SSSR count). The van der Waals surface area contributed by atoms with Crippen LogP contribution in [0.5, 0.6) is 0 Å². The zero-order valence-electron chi connectivity index (χ0n) is 16.7. The largest absolute Gasteiger partial charge is 0.334 e. The summed E-state index contributed by atoms with van der Waals surface area (Å²) in [4.78, 5) is 34.9. The number of quaternary nitrogens is 1. The average Bonchev–Trinajstić information content (AvgIpc) is 2.86. The first-order chi connectivity index (χ1) is 14.1. The van der Waals surface area contributed by atoms with Crippen molar-refractivity contribution < 1.29 is 14.1 Å². The second-order valence-electron chi connectivity index (χ2n) is 8.41. The van der Waals surface area contributed by atoms with E-state index in [4.69, 9.17) is 0 Å². The maximum absolute atomic E-state index is 14.0. The minimum absolute atomic E-state index is 0.0927. The summed E-state index contributed by atoms with van der Waals surface area (Å²) in [6.07, 6.45) is 6.18. The van der Waals surface area contributed by atoms with Gasteiger partial charge in [0.05, 0.1) is 37.1 Å². The highest BCUT2D eigenvalue weighted by atomic mass is 16.2. The van der Waals surface area contributed by atoms with Crippen molar-refractivity contribution >= 4 is 29.1 Å². The fourth-order valence-corrected chi connectivity index (χ4v) is 5.14. The number of carbonyl (C=O) groups is 2. The zero-order chi connectivity index (χ0) is 20.0. The van der Waals surface area contributed by atoms with Gasteiger partial charge < -0.3 is 9.80 Å². The van der Waals surface area contributed by atoms with Crippen LogP contribution < -0.4 is 10.2 Å². The van der Waals surface area contributed by atoms with E-state index in [1.807, 2.05) is 29.2 Å². The number of aromatic nitrogens is 1. The van der Waals surface area contributed by atoms with Gasteiger partial charge in [-0.15, -0.1) is 0 Å². The predicted molar refractivity (Wildman–Crippen MR) is 111 cm³/mol. The number of anilines is 3. The van der Waals surface area contributed by atoms with Crippen LogP contribution >= 0.6 is 0 Å². The van der Waals surface area contributed by atoms with Gasteiger partial charge in [0, 0.05) is 25.6 Å². The van der Waals surface area contributed by atoms with Gasteiger partial charge in [-0.1, -0.05) is 12.1 Å². The molecule has 1 aromatic carbocycles. The average molecular weight is 392 g/mol. The SMILES string of the molecule is C[N@@+]12CCCC[C@H]1N(C(=O)N1c3ccccc3NC(=O)c3cccnc31)CCC2. The summed E-state index contributed by atoms with van der Waals surface area (Å²) in [6, 6.07) is 10.8. The molecular weight excluding hydrogens is 366 g/mol. The highest BCUT2D eigenvalue weighted by molar-refractivity contribution is 6.16. The lowest BCUT2D eigenvalue weighted by Gasteiger charge is -2.52. The Morgan fingerprint density at radius 3 is 2.86 bits per heavy atom. The number of hydrogen-bond donors (Lipinski definition) is 1. The number of carbonyl (C=O) groups excluding carboxylic acids is 2. The van der Waals surface area contributed by atoms with E-state index < -0.39 is 0 Å². The van der Waals surface area contributed by atoms with Crippen LogP contribution in [0.2, 0.25) is 0 Å². The van der Waals surface area contributed by atoms with Crippen molar-refractivity contribution in [2.75, 3.05) is 36.9 Å². The van der Waals surface area contributed by atoms with Crippen LogP contribution in [-0.2, 0) is 0 Å². The number of para-hydroxylation sites is 2. The van der Waals surface area contributed by atoms with Gasteiger partial charge in [0.1, 0.15) is 0 Å². The van der Waals surface area contributed by atoms with Crippen LogP contribution in [0.1, 0.15) is 36.0 Å². The van der Waals surface area contributed by atoms with Gasteiger partial charge in [-0.05, 0) is 37.1 Å². The van der Waals surface area contributed by atoms with E-state index in [1.165, 1.54) is 6.42 Å². The van der Waals surface area contributed by atoms with Gasteiger partial charge in [0.2, 0.25) is 0 Å². The molecule has 0 saturated carbocycles. The van der Waals surface area contributed by atoms with Crippen molar-refractivity contribution in [3.05, 3.63) is 48.2 Å². The number of nitrogens with one attached hydrogen (secondary N) is 1. The normalized spacial score (nSPS) is 26.0. The van der Waals surface area contributed by atoms with Crippen LogP contribution in [0, 0.1) is 0 Å². The third kappa shape index (κ3) is 2.88. The topological polar surface area (TPSA) is 65.5 Å². The first-order valence-electron chi connectivity index (χ1n) is 10.4.